The standard InChI is InChI=1S/C16H25NO2/c1-11(2)9-17-16(18)10-19-15-8-13(5)6-7-14(15)12(3)4/h6-8,11-12H,9-10H2,1-5H3,(H,17,18). The number of benzene rings is 1. The normalized spacial score (nSPS) is 10.9. The van der Waals surface area contributed by atoms with Crippen molar-refractivity contribution in [2.24, 2.45) is 5.92 Å². The van der Waals surface area contributed by atoms with Crippen molar-refractivity contribution in [3.8, 4) is 5.75 Å². The fourth-order valence-corrected chi connectivity index (χ4v) is 1.76. The molecule has 1 aromatic rings. The molecule has 0 saturated heterocycles. The molecule has 19 heavy (non-hydrogen) atoms. The number of ether oxygens (including phenoxy) is 1. The number of aryl methyl sites for hydroxylation is 1. The molecule has 0 bridgehead atoms. The van der Waals surface area contributed by atoms with Gasteiger partial charge in [0.25, 0.3) is 5.91 Å². The van der Waals surface area contributed by atoms with Crippen molar-refractivity contribution in [2.75, 3.05) is 13.2 Å². The maximum Gasteiger partial charge on any atom is 0.257 e. The molecule has 0 spiro atoms. The van der Waals surface area contributed by atoms with Crippen LogP contribution < -0.4 is 10.1 Å². The van der Waals surface area contributed by atoms with E-state index in [1.807, 2.05) is 13.0 Å². The van der Waals surface area contributed by atoms with Gasteiger partial charge in [0.05, 0.1) is 0 Å². The molecular formula is C16H25NO2. The first-order valence-corrected chi connectivity index (χ1v) is 6.90. The Hall–Kier alpha value is -1.51. The van der Waals surface area contributed by atoms with Crippen LogP contribution in [-0.4, -0.2) is 19.1 Å². The molecule has 3 heteroatoms. The predicted octanol–water partition coefficient (Wildman–Crippen LogP) is 3.27. The molecule has 0 aliphatic heterocycles. The van der Waals surface area contributed by atoms with Gasteiger partial charge in [-0.3, -0.25) is 4.79 Å². The summed E-state index contributed by atoms with van der Waals surface area (Å²) in [5.41, 5.74) is 2.28. The molecule has 0 unspecified atom stereocenters. The van der Waals surface area contributed by atoms with Crippen LogP contribution in [-0.2, 0) is 4.79 Å². The molecule has 3 nitrogen and oxygen atoms in total. The molecule has 106 valence electrons. The predicted molar refractivity (Wildman–Crippen MR) is 78.6 cm³/mol. The summed E-state index contributed by atoms with van der Waals surface area (Å²) in [5.74, 6) is 1.59. The molecule has 0 aliphatic carbocycles. The molecule has 0 radical (unpaired) electrons. The lowest BCUT2D eigenvalue weighted by molar-refractivity contribution is -0.123. The molecule has 0 heterocycles. The highest BCUT2D eigenvalue weighted by Crippen LogP contribution is 2.27. The van der Waals surface area contributed by atoms with Gasteiger partial charge in [-0.1, -0.05) is 39.8 Å². The number of nitrogens with one attached hydrogen (secondary N) is 1. The van der Waals surface area contributed by atoms with E-state index in [9.17, 15) is 4.79 Å². The van der Waals surface area contributed by atoms with Crippen LogP contribution >= 0.6 is 0 Å². The quantitative estimate of drug-likeness (QED) is 0.855. The van der Waals surface area contributed by atoms with Crippen LogP contribution in [0.15, 0.2) is 18.2 Å². The van der Waals surface area contributed by atoms with E-state index in [1.54, 1.807) is 0 Å². The van der Waals surface area contributed by atoms with Crippen LogP contribution in [0.5, 0.6) is 5.75 Å². The Kier molecular flexibility index (Phi) is 5.87. The number of hydrogen-bond donors (Lipinski definition) is 1. The van der Waals surface area contributed by atoms with E-state index in [0.29, 0.717) is 18.4 Å². The summed E-state index contributed by atoms with van der Waals surface area (Å²) in [6, 6.07) is 6.13. The number of carbonyl (C=O) groups is 1. The smallest absolute Gasteiger partial charge is 0.257 e. The summed E-state index contributed by atoms with van der Waals surface area (Å²) in [6.07, 6.45) is 0. The molecule has 0 saturated carbocycles. The minimum Gasteiger partial charge on any atom is -0.483 e. The minimum atomic E-state index is -0.0649. The first-order chi connectivity index (χ1) is 8.90. The molecule has 0 aliphatic rings. The second-order valence-electron chi connectivity index (χ2n) is 5.68. The Morgan fingerprint density at radius 2 is 1.95 bits per heavy atom. The molecule has 0 fully saturated rings. The number of rotatable bonds is 6. The van der Waals surface area contributed by atoms with Gasteiger partial charge in [-0.25, -0.2) is 0 Å². The van der Waals surface area contributed by atoms with Gasteiger partial charge < -0.3 is 10.1 Å². The Labute approximate surface area is 116 Å². The molecular weight excluding hydrogens is 238 g/mol. The van der Waals surface area contributed by atoms with Gasteiger partial charge in [0.1, 0.15) is 5.75 Å². The second-order valence-corrected chi connectivity index (χ2v) is 5.68. The Morgan fingerprint density at radius 3 is 2.53 bits per heavy atom. The van der Waals surface area contributed by atoms with E-state index in [2.05, 4.69) is 45.1 Å². The number of carbonyl (C=O) groups excluding carboxylic acids is 1. The third-order valence-corrected chi connectivity index (χ3v) is 2.86. The average Bonchev–Trinajstić information content (AvgIpc) is 2.33. The van der Waals surface area contributed by atoms with Crippen LogP contribution in [0.3, 0.4) is 0 Å². The van der Waals surface area contributed by atoms with Gasteiger partial charge in [-0.15, -0.1) is 0 Å². The highest BCUT2D eigenvalue weighted by atomic mass is 16.5. The van der Waals surface area contributed by atoms with Gasteiger partial charge in [0, 0.05) is 6.54 Å². The highest BCUT2D eigenvalue weighted by molar-refractivity contribution is 5.77. The maximum atomic E-state index is 11.7. The van der Waals surface area contributed by atoms with Gasteiger partial charge >= 0.3 is 0 Å². The third kappa shape index (κ3) is 5.33. The van der Waals surface area contributed by atoms with Crippen LogP contribution in [0.2, 0.25) is 0 Å². The average molecular weight is 263 g/mol. The summed E-state index contributed by atoms with van der Waals surface area (Å²) < 4.78 is 5.66. The van der Waals surface area contributed by atoms with Crippen LogP contribution in [0, 0.1) is 12.8 Å². The number of hydrogen-bond acceptors (Lipinski definition) is 2. The van der Waals surface area contributed by atoms with Crippen molar-refractivity contribution in [3.63, 3.8) is 0 Å². The van der Waals surface area contributed by atoms with E-state index >= 15 is 0 Å². The van der Waals surface area contributed by atoms with Gasteiger partial charge in [0.15, 0.2) is 6.61 Å². The first kappa shape index (κ1) is 15.5. The van der Waals surface area contributed by atoms with E-state index in [1.165, 1.54) is 0 Å². The van der Waals surface area contributed by atoms with Crippen molar-refractivity contribution < 1.29 is 9.53 Å². The summed E-state index contributed by atoms with van der Waals surface area (Å²) >= 11 is 0. The Balaban J connectivity index is 2.61. The molecule has 0 aromatic heterocycles. The summed E-state index contributed by atoms with van der Waals surface area (Å²) in [6.45, 7) is 11.2. The zero-order valence-electron chi connectivity index (χ0n) is 12.6. The molecule has 1 N–H and O–H groups in total. The Morgan fingerprint density at radius 1 is 1.26 bits per heavy atom. The second kappa shape index (κ2) is 7.17. The maximum absolute atomic E-state index is 11.7. The minimum absolute atomic E-state index is 0.0649. The zero-order valence-corrected chi connectivity index (χ0v) is 12.6. The third-order valence-electron chi connectivity index (χ3n) is 2.86. The van der Waals surface area contributed by atoms with Crippen LogP contribution in [0.4, 0.5) is 0 Å². The van der Waals surface area contributed by atoms with Crippen LogP contribution in [0.25, 0.3) is 0 Å². The monoisotopic (exact) mass is 263 g/mol. The molecule has 0 atom stereocenters. The SMILES string of the molecule is Cc1ccc(C(C)C)c(OCC(=O)NCC(C)C)c1. The lowest BCUT2D eigenvalue weighted by atomic mass is 10.0. The fourth-order valence-electron chi connectivity index (χ4n) is 1.76. The van der Waals surface area contributed by atoms with Crippen molar-refractivity contribution in [1.82, 2.24) is 5.32 Å². The lowest BCUT2D eigenvalue weighted by Gasteiger charge is -2.15. The van der Waals surface area contributed by atoms with E-state index in [4.69, 9.17) is 4.74 Å². The van der Waals surface area contributed by atoms with Crippen molar-refractivity contribution in [3.05, 3.63) is 29.3 Å². The molecule has 1 amide bonds. The Bertz CT molecular complexity index is 425. The largest absolute Gasteiger partial charge is 0.483 e. The summed E-state index contributed by atoms with van der Waals surface area (Å²) in [4.78, 5) is 11.7. The van der Waals surface area contributed by atoms with Crippen molar-refractivity contribution >= 4 is 5.91 Å². The topological polar surface area (TPSA) is 38.3 Å². The van der Waals surface area contributed by atoms with E-state index in [0.717, 1.165) is 16.9 Å². The van der Waals surface area contributed by atoms with E-state index in [-0.39, 0.29) is 12.5 Å². The number of amides is 1. The molecule has 1 aromatic carbocycles. The summed E-state index contributed by atoms with van der Waals surface area (Å²) in [7, 11) is 0. The van der Waals surface area contributed by atoms with Gasteiger partial charge in [-0.05, 0) is 36.0 Å². The van der Waals surface area contributed by atoms with Gasteiger partial charge in [-0.2, -0.15) is 0 Å². The lowest BCUT2D eigenvalue weighted by Crippen LogP contribution is -2.31. The van der Waals surface area contributed by atoms with E-state index < -0.39 is 0 Å². The molecule has 1 rings (SSSR count). The zero-order chi connectivity index (χ0) is 14.4. The highest BCUT2D eigenvalue weighted by Gasteiger charge is 2.10. The van der Waals surface area contributed by atoms with Crippen molar-refractivity contribution in [2.45, 2.75) is 40.5 Å². The summed E-state index contributed by atoms with van der Waals surface area (Å²) in [5, 5.41) is 2.85. The van der Waals surface area contributed by atoms with Crippen LogP contribution in [0.1, 0.15) is 44.7 Å². The van der Waals surface area contributed by atoms with Gasteiger partial charge in [0.2, 0.25) is 0 Å². The first-order valence-electron chi connectivity index (χ1n) is 6.90. The fraction of sp³-hybridized carbons (Fsp3) is 0.562. The van der Waals surface area contributed by atoms with Crippen molar-refractivity contribution in [1.29, 1.82) is 0 Å².